The molecule has 84 valence electrons. The van der Waals surface area contributed by atoms with Gasteiger partial charge in [0.25, 0.3) is 0 Å². The van der Waals surface area contributed by atoms with Crippen molar-refractivity contribution in [2.24, 2.45) is 5.92 Å². The quantitative estimate of drug-likeness (QED) is 0.672. The number of rotatable bonds is 5. The van der Waals surface area contributed by atoms with Crippen LogP contribution in [0, 0.1) is 5.92 Å². The fourth-order valence-electron chi connectivity index (χ4n) is 2.20. The third-order valence-electron chi connectivity index (χ3n) is 3.23. The lowest BCUT2D eigenvalue weighted by molar-refractivity contribution is 0.773. The van der Waals surface area contributed by atoms with Gasteiger partial charge in [0.1, 0.15) is 0 Å². The molecule has 0 amide bonds. The zero-order valence-electron chi connectivity index (χ0n) is 10.0. The summed E-state index contributed by atoms with van der Waals surface area (Å²) < 4.78 is 0. The first-order chi connectivity index (χ1) is 7.88. The highest BCUT2D eigenvalue weighted by molar-refractivity contribution is 5.29. The van der Waals surface area contributed by atoms with E-state index in [9.17, 15) is 0 Å². The van der Waals surface area contributed by atoms with Gasteiger partial charge in [0.05, 0.1) is 0 Å². The van der Waals surface area contributed by atoms with Crippen LogP contribution in [0.1, 0.15) is 31.7 Å². The molecule has 1 aromatic rings. The lowest BCUT2D eigenvalue weighted by atomic mass is 10.0. The molecule has 0 N–H and O–H groups in total. The van der Waals surface area contributed by atoms with E-state index in [1.807, 2.05) is 0 Å². The Balaban J connectivity index is 1.75. The van der Waals surface area contributed by atoms with Gasteiger partial charge in [0, 0.05) is 0 Å². The number of hydrogen-bond donors (Lipinski definition) is 0. The van der Waals surface area contributed by atoms with Crippen molar-refractivity contribution in [2.45, 2.75) is 32.6 Å². The summed E-state index contributed by atoms with van der Waals surface area (Å²) in [6.45, 7) is 2.25. The van der Waals surface area contributed by atoms with Crippen LogP contribution >= 0.6 is 0 Å². The van der Waals surface area contributed by atoms with E-state index in [1.165, 1.54) is 36.8 Å². The maximum Gasteiger partial charge on any atom is -0.00471 e. The van der Waals surface area contributed by atoms with Gasteiger partial charge < -0.3 is 0 Å². The largest absolute Gasteiger partial charge is 0.0774 e. The molecule has 0 fully saturated rings. The van der Waals surface area contributed by atoms with E-state index in [-0.39, 0.29) is 0 Å². The average Bonchev–Trinajstić information content (AvgIpc) is 2.78. The lowest BCUT2D eigenvalue weighted by Crippen LogP contribution is -1.87. The van der Waals surface area contributed by atoms with Gasteiger partial charge in [-0.25, -0.2) is 0 Å². The third-order valence-corrected chi connectivity index (χ3v) is 3.23. The van der Waals surface area contributed by atoms with Gasteiger partial charge in [0.2, 0.25) is 0 Å². The number of aryl methyl sites for hydroxylation is 1. The van der Waals surface area contributed by atoms with Gasteiger partial charge in [-0.3, -0.25) is 0 Å². The first-order valence-corrected chi connectivity index (χ1v) is 6.31. The molecule has 0 aliphatic heterocycles. The first-order valence-electron chi connectivity index (χ1n) is 6.31. The molecule has 1 atom stereocenters. The highest BCUT2D eigenvalue weighted by Gasteiger charge is 2.06. The second-order valence-corrected chi connectivity index (χ2v) is 4.51. The second-order valence-electron chi connectivity index (χ2n) is 4.51. The molecule has 0 saturated heterocycles. The normalized spacial score (nSPS) is 18.8. The van der Waals surface area contributed by atoms with E-state index in [1.54, 1.807) is 0 Å². The number of benzene rings is 1. The van der Waals surface area contributed by atoms with Crippen LogP contribution in [0.25, 0.3) is 0 Å². The predicted octanol–water partition coefficient (Wildman–Crippen LogP) is 4.53. The van der Waals surface area contributed by atoms with E-state index < -0.39 is 0 Å². The van der Waals surface area contributed by atoms with Crippen molar-refractivity contribution in [3.63, 3.8) is 0 Å². The molecule has 1 aliphatic rings. The molecule has 0 saturated carbocycles. The fourth-order valence-corrected chi connectivity index (χ4v) is 2.20. The van der Waals surface area contributed by atoms with Crippen LogP contribution in [0.3, 0.4) is 0 Å². The average molecular weight is 212 g/mol. The van der Waals surface area contributed by atoms with Gasteiger partial charge in [-0.1, -0.05) is 61.1 Å². The minimum atomic E-state index is 0.701. The molecule has 0 bridgehead atoms. The molecule has 0 nitrogen and oxygen atoms in total. The summed E-state index contributed by atoms with van der Waals surface area (Å²) in [4.78, 5) is 0. The van der Waals surface area contributed by atoms with E-state index in [4.69, 9.17) is 0 Å². The molecule has 2 rings (SSSR count). The molecule has 0 aromatic heterocycles. The van der Waals surface area contributed by atoms with Gasteiger partial charge >= 0.3 is 0 Å². The van der Waals surface area contributed by atoms with Crippen molar-refractivity contribution in [1.29, 1.82) is 0 Å². The monoisotopic (exact) mass is 212 g/mol. The van der Waals surface area contributed by atoms with Crippen molar-refractivity contribution in [3.8, 4) is 0 Å². The maximum absolute atomic E-state index is 2.42. The Morgan fingerprint density at radius 3 is 2.56 bits per heavy atom. The molecule has 1 aliphatic carbocycles. The molecule has 1 aromatic carbocycles. The smallest absolute Gasteiger partial charge is 0.00471 e. The Hall–Kier alpha value is -1.30. The summed E-state index contributed by atoms with van der Waals surface area (Å²) in [6.07, 6.45) is 12.0. The molecular weight excluding hydrogens is 192 g/mol. The SMILES string of the molecule is CCC1C=CC(CCCc2ccccc2)=C1. The van der Waals surface area contributed by atoms with Crippen LogP contribution in [-0.4, -0.2) is 0 Å². The minimum absolute atomic E-state index is 0.701. The summed E-state index contributed by atoms with van der Waals surface area (Å²) in [6, 6.07) is 10.8. The van der Waals surface area contributed by atoms with Gasteiger partial charge in [0.15, 0.2) is 0 Å². The summed E-state index contributed by atoms with van der Waals surface area (Å²) >= 11 is 0. The summed E-state index contributed by atoms with van der Waals surface area (Å²) in [5, 5.41) is 0. The standard InChI is InChI=1S/C16H20/c1-2-14-11-12-16(13-14)10-6-9-15-7-4-3-5-8-15/h3-5,7-8,11-14H,2,6,9-10H2,1H3. The van der Waals surface area contributed by atoms with Crippen LogP contribution in [0.2, 0.25) is 0 Å². The van der Waals surface area contributed by atoms with Gasteiger partial charge in [-0.15, -0.1) is 0 Å². The van der Waals surface area contributed by atoms with E-state index >= 15 is 0 Å². The number of hydrogen-bond acceptors (Lipinski definition) is 0. The van der Waals surface area contributed by atoms with Crippen molar-refractivity contribution in [3.05, 3.63) is 59.7 Å². The van der Waals surface area contributed by atoms with E-state index in [2.05, 4.69) is 55.5 Å². The van der Waals surface area contributed by atoms with Gasteiger partial charge in [-0.2, -0.15) is 0 Å². The van der Waals surface area contributed by atoms with Gasteiger partial charge in [-0.05, 0) is 37.2 Å². The van der Waals surface area contributed by atoms with Crippen LogP contribution in [-0.2, 0) is 6.42 Å². The molecule has 0 heteroatoms. The van der Waals surface area contributed by atoms with Crippen molar-refractivity contribution in [2.75, 3.05) is 0 Å². The Kier molecular flexibility index (Phi) is 3.98. The predicted molar refractivity (Wildman–Crippen MR) is 70.4 cm³/mol. The van der Waals surface area contributed by atoms with Crippen molar-refractivity contribution < 1.29 is 0 Å². The van der Waals surface area contributed by atoms with Crippen LogP contribution in [0.5, 0.6) is 0 Å². The highest BCUT2D eigenvalue weighted by Crippen LogP contribution is 2.22. The Morgan fingerprint density at radius 1 is 1.06 bits per heavy atom. The molecule has 0 heterocycles. The molecule has 1 unspecified atom stereocenters. The van der Waals surface area contributed by atoms with Crippen molar-refractivity contribution >= 4 is 0 Å². The van der Waals surface area contributed by atoms with Crippen molar-refractivity contribution in [1.82, 2.24) is 0 Å². The summed E-state index contributed by atoms with van der Waals surface area (Å²) in [5.74, 6) is 0.701. The molecular formula is C16H20. The van der Waals surface area contributed by atoms with E-state index in [0.717, 1.165) is 0 Å². The first kappa shape index (κ1) is 11.2. The topological polar surface area (TPSA) is 0 Å². The Morgan fingerprint density at radius 2 is 1.88 bits per heavy atom. The molecule has 16 heavy (non-hydrogen) atoms. The summed E-state index contributed by atoms with van der Waals surface area (Å²) in [5.41, 5.74) is 2.99. The highest BCUT2D eigenvalue weighted by atomic mass is 14.1. The lowest BCUT2D eigenvalue weighted by Gasteiger charge is -2.02. The van der Waals surface area contributed by atoms with Crippen LogP contribution in [0.4, 0.5) is 0 Å². The molecule has 0 spiro atoms. The van der Waals surface area contributed by atoms with E-state index in [0.29, 0.717) is 5.92 Å². The minimum Gasteiger partial charge on any atom is -0.0774 e. The second kappa shape index (κ2) is 5.69. The number of allylic oxidation sites excluding steroid dienone is 4. The third kappa shape index (κ3) is 3.10. The zero-order valence-corrected chi connectivity index (χ0v) is 10.0. The Labute approximate surface area is 98.7 Å². The fraction of sp³-hybridized carbons (Fsp3) is 0.375. The Bertz CT molecular complexity index is 370. The van der Waals surface area contributed by atoms with Crippen LogP contribution in [0.15, 0.2) is 54.1 Å². The maximum atomic E-state index is 2.42. The molecule has 0 radical (unpaired) electrons. The zero-order chi connectivity index (χ0) is 11.2. The van der Waals surface area contributed by atoms with Crippen LogP contribution < -0.4 is 0 Å². The summed E-state index contributed by atoms with van der Waals surface area (Å²) in [7, 11) is 0.